The van der Waals surface area contributed by atoms with E-state index < -0.39 is 12.6 Å². The van der Waals surface area contributed by atoms with Crippen LogP contribution >= 0.6 is 11.3 Å². The molecule has 0 amide bonds. The van der Waals surface area contributed by atoms with Gasteiger partial charge in [0.1, 0.15) is 0 Å². The molecule has 0 bridgehead atoms. The zero-order chi connectivity index (χ0) is 14.8. The average Bonchev–Trinajstić information content (AvgIpc) is 2.80. The molecule has 1 aliphatic rings. The molecule has 0 fully saturated rings. The standard InChI is InChI=1S/C13H20F3N3S/c1-3-17-9-5-4-6-10-11(9)18-12(20-10)19(2)8-7-13(14,15)16/h9,17H,3-8H2,1-2H3. The van der Waals surface area contributed by atoms with Crippen molar-refractivity contribution in [3.63, 3.8) is 0 Å². The first-order chi connectivity index (χ1) is 9.40. The Morgan fingerprint density at radius 1 is 1.45 bits per heavy atom. The number of hydrogen-bond acceptors (Lipinski definition) is 4. The Morgan fingerprint density at radius 2 is 2.20 bits per heavy atom. The number of nitrogens with one attached hydrogen (secondary N) is 1. The Bertz CT molecular complexity index is 445. The smallest absolute Gasteiger partial charge is 0.351 e. The number of halogens is 3. The summed E-state index contributed by atoms with van der Waals surface area (Å²) in [7, 11) is 1.68. The lowest BCUT2D eigenvalue weighted by Gasteiger charge is -2.21. The summed E-state index contributed by atoms with van der Waals surface area (Å²) in [6.07, 6.45) is -1.77. The van der Waals surface area contributed by atoms with Crippen molar-refractivity contribution in [1.29, 1.82) is 0 Å². The Balaban J connectivity index is 2.07. The zero-order valence-corrected chi connectivity index (χ0v) is 12.6. The average molecular weight is 307 g/mol. The fourth-order valence-corrected chi connectivity index (χ4v) is 3.55. The van der Waals surface area contributed by atoms with Crippen molar-refractivity contribution in [2.45, 2.75) is 44.8 Å². The molecule has 1 aromatic rings. The number of nitrogens with zero attached hydrogens (tertiary/aromatic N) is 2. The number of fused-ring (bicyclic) bond motifs is 1. The third-order valence-corrected chi connectivity index (χ3v) is 4.70. The van der Waals surface area contributed by atoms with Crippen LogP contribution in [-0.4, -0.2) is 31.3 Å². The second-order valence-electron chi connectivity index (χ2n) is 5.09. The minimum absolute atomic E-state index is 0.0399. The predicted molar refractivity (Wildman–Crippen MR) is 75.4 cm³/mol. The number of rotatable bonds is 5. The Labute approximate surface area is 121 Å². The molecule has 3 nitrogen and oxygen atoms in total. The summed E-state index contributed by atoms with van der Waals surface area (Å²) in [5.41, 5.74) is 1.04. The van der Waals surface area contributed by atoms with Crippen molar-refractivity contribution in [3.05, 3.63) is 10.6 Å². The van der Waals surface area contributed by atoms with Crippen LogP contribution in [0, 0.1) is 0 Å². The van der Waals surface area contributed by atoms with Crippen molar-refractivity contribution in [2.24, 2.45) is 0 Å². The van der Waals surface area contributed by atoms with Gasteiger partial charge in [-0.05, 0) is 25.8 Å². The lowest BCUT2D eigenvalue weighted by atomic mass is 9.98. The molecular formula is C13H20F3N3S. The summed E-state index contributed by atoms with van der Waals surface area (Å²) in [4.78, 5) is 7.40. The van der Waals surface area contributed by atoms with Gasteiger partial charge in [0, 0.05) is 18.5 Å². The summed E-state index contributed by atoms with van der Waals surface area (Å²) in [5.74, 6) is 0. The lowest BCUT2D eigenvalue weighted by molar-refractivity contribution is -0.132. The van der Waals surface area contributed by atoms with Gasteiger partial charge in [-0.1, -0.05) is 6.92 Å². The van der Waals surface area contributed by atoms with Gasteiger partial charge in [0.05, 0.1) is 18.2 Å². The van der Waals surface area contributed by atoms with Crippen LogP contribution in [0.4, 0.5) is 18.3 Å². The monoisotopic (exact) mass is 307 g/mol. The highest BCUT2D eigenvalue weighted by Gasteiger charge is 2.29. The van der Waals surface area contributed by atoms with Gasteiger partial charge in [-0.2, -0.15) is 13.2 Å². The van der Waals surface area contributed by atoms with Crippen LogP contribution in [-0.2, 0) is 6.42 Å². The molecular weight excluding hydrogens is 287 g/mol. The topological polar surface area (TPSA) is 28.2 Å². The van der Waals surface area contributed by atoms with Crippen LogP contribution in [0.25, 0.3) is 0 Å². The Hall–Kier alpha value is -0.820. The fraction of sp³-hybridized carbons (Fsp3) is 0.769. The van der Waals surface area contributed by atoms with Gasteiger partial charge >= 0.3 is 6.18 Å². The molecule has 1 atom stereocenters. The van der Waals surface area contributed by atoms with Crippen molar-refractivity contribution >= 4 is 16.5 Å². The van der Waals surface area contributed by atoms with Crippen LogP contribution in [0.3, 0.4) is 0 Å². The third kappa shape index (κ3) is 3.85. The highest BCUT2D eigenvalue weighted by atomic mass is 32.1. The Morgan fingerprint density at radius 3 is 2.85 bits per heavy atom. The molecule has 1 heterocycles. The van der Waals surface area contributed by atoms with Gasteiger partial charge in [-0.25, -0.2) is 4.98 Å². The maximum Gasteiger partial charge on any atom is 0.390 e. The van der Waals surface area contributed by atoms with Gasteiger partial charge in [-0.3, -0.25) is 0 Å². The molecule has 114 valence electrons. The number of alkyl halides is 3. The van der Waals surface area contributed by atoms with Crippen LogP contribution in [0.5, 0.6) is 0 Å². The van der Waals surface area contributed by atoms with E-state index in [1.807, 2.05) is 0 Å². The molecule has 1 aromatic heterocycles. The van der Waals surface area contributed by atoms with Crippen molar-refractivity contribution in [1.82, 2.24) is 10.3 Å². The molecule has 0 spiro atoms. The molecule has 1 aliphatic carbocycles. The van der Waals surface area contributed by atoms with E-state index in [1.165, 1.54) is 16.2 Å². The largest absolute Gasteiger partial charge is 0.390 e. The van der Waals surface area contributed by atoms with E-state index in [0.717, 1.165) is 31.5 Å². The Kier molecular flexibility index (Phi) is 4.90. The number of aryl methyl sites for hydroxylation is 1. The van der Waals surface area contributed by atoms with Gasteiger partial charge in [0.25, 0.3) is 0 Å². The number of anilines is 1. The maximum absolute atomic E-state index is 12.3. The first-order valence-electron chi connectivity index (χ1n) is 6.91. The van der Waals surface area contributed by atoms with Crippen LogP contribution in [0.1, 0.15) is 42.8 Å². The van der Waals surface area contributed by atoms with Crippen molar-refractivity contribution in [2.75, 3.05) is 25.0 Å². The summed E-state index contributed by atoms with van der Waals surface area (Å²) >= 11 is 1.53. The SMILES string of the molecule is CCNC1CCCc2sc(N(C)CCC(F)(F)F)nc21. The van der Waals surface area contributed by atoms with E-state index in [2.05, 4.69) is 17.2 Å². The molecule has 7 heteroatoms. The van der Waals surface area contributed by atoms with Crippen molar-refractivity contribution in [3.8, 4) is 0 Å². The maximum atomic E-state index is 12.3. The summed E-state index contributed by atoms with van der Waals surface area (Å²) in [6, 6.07) is 0.254. The molecule has 0 radical (unpaired) electrons. The zero-order valence-electron chi connectivity index (χ0n) is 11.8. The van der Waals surface area contributed by atoms with Gasteiger partial charge in [-0.15, -0.1) is 11.3 Å². The highest BCUT2D eigenvalue weighted by Crippen LogP contribution is 2.36. The van der Waals surface area contributed by atoms with E-state index in [1.54, 1.807) is 11.9 Å². The van der Waals surface area contributed by atoms with E-state index in [0.29, 0.717) is 5.13 Å². The first kappa shape index (κ1) is 15.6. The summed E-state index contributed by atoms with van der Waals surface area (Å²) in [5, 5.41) is 4.09. The molecule has 0 saturated carbocycles. The quantitative estimate of drug-likeness (QED) is 0.902. The number of aromatic nitrogens is 1. The minimum atomic E-state index is -4.11. The molecule has 0 aliphatic heterocycles. The molecule has 20 heavy (non-hydrogen) atoms. The second-order valence-corrected chi connectivity index (χ2v) is 6.16. The molecule has 0 aromatic carbocycles. The highest BCUT2D eigenvalue weighted by molar-refractivity contribution is 7.15. The van der Waals surface area contributed by atoms with Gasteiger partial charge in [0.2, 0.25) is 0 Å². The fourth-order valence-electron chi connectivity index (χ4n) is 2.40. The lowest BCUT2D eigenvalue weighted by Crippen LogP contribution is -2.25. The molecule has 1 N–H and O–H groups in total. The normalized spacial score (nSPS) is 18.9. The predicted octanol–water partition coefficient (Wildman–Crippen LogP) is 3.52. The van der Waals surface area contributed by atoms with Crippen LogP contribution < -0.4 is 10.2 Å². The van der Waals surface area contributed by atoms with E-state index in [-0.39, 0.29) is 12.6 Å². The van der Waals surface area contributed by atoms with Crippen LogP contribution in [0.15, 0.2) is 0 Å². The second kappa shape index (κ2) is 6.30. The molecule has 1 unspecified atom stereocenters. The first-order valence-corrected chi connectivity index (χ1v) is 7.73. The molecule has 0 saturated heterocycles. The molecule has 2 rings (SSSR count). The van der Waals surface area contributed by atoms with Crippen molar-refractivity contribution < 1.29 is 13.2 Å². The summed E-state index contributed by atoms with van der Waals surface area (Å²) in [6.45, 7) is 2.89. The van der Waals surface area contributed by atoms with Crippen LogP contribution in [0.2, 0.25) is 0 Å². The number of thiazole rings is 1. The van der Waals surface area contributed by atoms with E-state index >= 15 is 0 Å². The van der Waals surface area contributed by atoms with Gasteiger partial charge < -0.3 is 10.2 Å². The van der Waals surface area contributed by atoms with E-state index in [9.17, 15) is 13.2 Å². The van der Waals surface area contributed by atoms with E-state index in [4.69, 9.17) is 0 Å². The minimum Gasteiger partial charge on any atom is -0.351 e. The third-order valence-electron chi connectivity index (χ3n) is 3.45. The van der Waals surface area contributed by atoms with Gasteiger partial charge in [0.15, 0.2) is 5.13 Å². The summed E-state index contributed by atoms with van der Waals surface area (Å²) < 4.78 is 36.8. The number of hydrogen-bond donors (Lipinski definition) is 1.